The van der Waals surface area contributed by atoms with Gasteiger partial charge in [0.2, 0.25) is 0 Å². The zero-order valence-corrected chi connectivity index (χ0v) is 8.17. The third-order valence-electron chi connectivity index (χ3n) is 2.40. The number of hydrogen-bond acceptors (Lipinski definition) is 2. The molecule has 0 amide bonds. The fraction of sp³-hybridized carbons (Fsp3) is 0.273. The van der Waals surface area contributed by atoms with Crippen molar-refractivity contribution in [2.45, 2.75) is 6.42 Å². The van der Waals surface area contributed by atoms with Crippen LogP contribution >= 0.6 is 0 Å². The van der Waals surface area contributed by atoms with Crippen LogP contribution in [0.4, 0.5) is 0 Å². The summed E-state index contributed by atoms with van der Waals surface area (Å²) in [6.45, 7) is 0.966. The number of rotatable bonds is 3. The Morgan fingerprint density at radius 2 is 2.29 bits per heavy atom. The van der Waals surface area contributed by atoms with Crippen LogP contribution in [-0.4, -0.2) is 23.7 Å². The molecule has 2 aromatic rings. The number of phenolic OH excluding ortho intramolecular Hbond substituents is 1. The Hall–Kier alpha value is -1.48. The number of aromatic hydroxyl groups is 1. The lowest BCUT2D eigenvalue weighted by molar-refractivity contribution is 0.476. The van der Waals surface area contributed by atoms with Crippen LogP contribution in [0.15, 0.2) is 24.4 Å². The molecule has 2 rings (SSSR count). The molecule has 74 valence electrons. The highest BCUT2D eigenvalue weighted by Crippen LogP contribution is 2.22. The third-order valence-corrected chi connectivity index (χ3v) is 2.40. The largest absolute Gasteiger partial charge is 0.508 e. The number of H-pyrrole nitrogens is 1. The van der Waals surface area contributed by atoms with Gasteiger partial charge in [0.25, 0.3) is 0 Å². The van der Waals surface area contributed by atoms with E-state index in [4.69, 9.17) is 0 Å². The van der Waals surface area contributed by atoms with E-state index in [9.17, 15) is 5.11 Å². The molecule has 0 bridgehead atoms. The highest BCUT2D eigenvalue weighted by Gasteiger charge is 2.02. The van der Waals surface area contributed by atoms with Crippen LogP contribution in [0.3, 0.4) is 0 Å². The quantitative estimate of drug-likeness (QED) is 0.689. The molecular weight excluding hydrogens is 176 g/mol. The number of fused-ring (bicyclic) bond motifs is 1. The van der Waals surface area contributed by atoms with Crippen molar-refractivity contribution in [2.24, 2.45) is 0 Å². The van der Waals surface area contributed by atoms with Crippen LogP contribution in [-0.2, 0) is 6.42 Å². The van der Waals surface area contributed by atoms with Crippen molar-refractivity contribution in [3.8, 4) is 5.75 Å². The second kappa shape index (κ2) is 3.72. The average Bonchev–Trinajstić information content (AvgIpc) is 2.57. The van der Waals surface area contributed by atoms with Gasteiger partial charge in [0.15, 0.2) is 0 Å². The van der Waals surface area contributed by atoms with Crippen LogP contribution < -0.4 is 5.32 Å². The number of aromatic nitrogens is 1. The van der Waals surface area contributed by atoms with Gasteiger partial charge in [-0.25, -0.2) is 0 Å². The normalized spacial score (nSPS) is 10.9. The summed E-state index contributed by atoms with van der Waals surface area (Å²) < 4.78 is 0. The molecule has 0 unspecified atom stereocenters. The van der Waals surface area contributed by atoms with Gasteiger partial charge in [-0.2, -0.15) is 0 Å². The SMILES string of the molecule is CNCCc1c[nH]c2cc(O)ccc12. The molecule has 0 radical (unpaired) electrons. The van der Waals surface area contributed by atoms with E-state index < -0.39 is 0 Å². The Kier molecular flexibility index (Phi) is 2.41. The number of hydrogen-bond donors (Lipinski definition) is 3. The van der Waals surface area contributed by atoms with Crippen LogP contribution in [0.5, 0.6) is 5.75 Å². The Labute approximate surface area is 82.8 Å². The fourth-order valence-corrected chi connectivity index (χ4v) is 1.64. The summed E-state index contributed by atoms with van der Waals surface area (Å²) in [5, 5.41) is 13.6. The predicted octanol–water partition coefficient (Wildman–Crippen LogP) is 1.64. The van der Waals surface area contributed by atoms with E-state index in [0.29, 0.717) is 5.75 Å². The van der Waals surface area contributed by atoms with Gasteiger partial charge in [0, 0.05) is 23.2 Å². The molecule has 0 spiro atoms. The van der Waals surface area contributed by atoms with Crippen molar-refractivity contribution in [3.05, 3.63) is 30.0 Å². The molecule has 0 saturated carbocycles. The first kappa shape index (κ1) is 9.09. The minimum Gasteiger partial charge on any atom is -0.508 e. The van der Waals surface area contributed by atoms with Crippen LogP contribution in [0.25, 0.3) is 10.9 Å². The predicted molar refractivity (Wildman–Crippen MR) is 57.6 cm³/mol. The molecule has 0 aliphatic heterocycles. The Balaban J connectivity index is 2.37. The van der Waals surface area contributed by atoms with Gasteiger partial charge in [0.1, 0.15) is 5.75 Å². The van der Waals surface area contributed by atoms with Crippen molar-refractivity contribution in [1.29, 1.82) is 0 Å². The summed E-state index contributed by atoms with van der Waals surface area (Å²) in [5.41, 5.74) is 2.28. The lowest BCUT2D eigenvalue weighted by Crippen LogP contribution is -2.09. The first-order valence-electron chi connectivity index (χ1n) is 4.75. The van der Waals surface area contributed by atoms with E-state index >= 15 is 0 Å². The highest BCUT2D eigenvalue weighted by atomic mass is 16.3. The molecule has 0 atom stereocenters. The first-order chi connectivity index (χ1) is 6.81. The van der Waals surface area contributed by atoms with Crippen molar-refractivity contribution in [2.75, 3.05) is 13.6 Å². The van der Waals surface area contributed by atoms with Gasteiger partial charge in [-0.05, 0) is 37.7 Å². The van der Waals surface area contributed by atoms with Gasteiger partial charge in [-0.3, -0.25) is 0 Å². The van der Waals surface area contributed by atoms with Gasteiger partial charge >= 0.3 is 0 Å². The van der Waals surface area contributed by atoms with Crippen molar-refractivity contribution >= 4 is 10.9 Å². The summed E-state index contributed by atoms with van der Waals surface area (Å²) in [4.78, 5) is 3.15. The van der Waals surface area contributed by atoms with Gasteiger partial charge in [-0.1, -0.05) is 0 Å². The Morgan fingerprint density at radius 1 is 1.43 bits per heavy atom. The van der Waals surface area contributed by atoms with Crippen molar-refractivity contribution in [3.63, 3.8) is 0 Å². The van der Waals surface area contributed by atoms with Crippen LogP contribution in [0.1, 0.15) is 5.56 Å². The number of phenols is 1. The summed E-state index contributed by atoms with van der Waals surface area (Å²) in [6.07, 6.45) is 3.00. The summed E-state index contributed by atoms with van der Waals surface area (Å²) >= 11 is 0. The van der Waals surface area contributed by atoms with E-state index in [2.05, 4.69) is 10.3 Å². The summed E-state index contributed by atoms with van der Waals surface area (Å²) in [6, 6.07) is 5.42. The fourth-order valence-electron chi connectivity index (χ4n) is 1.64. The standard InChI is InChI=1S/C11H14N2O/c1-12-5-4-8-7-13-11-6-9(14)2-3-10(8)11/h2-3,6-7,12-14H,4-5H2,1H3. The zero-order valence-electron chi connectivity index (χ0n) is 8.17. The third kappa shape index (κ3) is 1.59. The lowest BCUT2D eigenvalue weighted by Gasteiger charge is -1.98. The minimum absolute atomic E-state index is 0.305. The van der Waals surface area contributed by atoms with E-state index in [-0.39, 0.29) is 0 Å². The maximum atomic E-state index is 9.28. The van der Waals surface area contributed by atoms with Crippen molar-refractivity contribution in [1.82, 2.24) is 10.3 Å². The van der Waals surface area contributed by atoms with E-state index in [1.54, 1.807) is 12.1 Å². The van der Waals surface area contributed by atoms with E-state index in [0.717, 1.165) is 18.5 Å². The molecule has 3 nitrogen and oxygen atoms in total. The first-order valence-corrected chi connectivity index (χ1v) is 4.75. The number of benzene rings is 1. The van der Waals surface area contributed by atoms with Crippen LogP contribution in [0.2, 0.25) is 0 Å². The Morgan fingerprint density at radius 3 is 3.07 bits per heavy atom. The van der Waals surface area contributed by atoms with Gasteiger partial charge in [-0.15, -0.1) is 0 Å². The average molecular weight is 190 g/mol. The molecule has 1 aromatic heterocycles. The zero-order chi connectivity index (χ0) is 9.97. The maximum Gasteiger partial charge on any atom is 0.117 e. The smallest absolute Gasteiger partial charge is 0.117 e. The molecular formula is C11H14N2O. The van der Waals surface area contributed by atoms with Crippen molar-refractivity contribution < 1.29 is 5.11 Å². The van der Waals surface area contributed by atoms with Gasteiger partial charge in [0.05, 0.1) is 0 Å². The topological polar surface area (TPSA) is 48.0 Å². The second-order valence-corrected chi connectivity index (χ2v) is 3.40. The monoisotopic (exact) mass is 190 g/mol. The highest BCUT2D eigenvalue weighted by molar-refractivity contribution is 5.84. The number of aromatic amines is 1. The molecule has 14 heavy (non-hydrogen) atoms. The van der Waals surface area contributed by atoms with Gasteiger partial charge < -0.3 is 15.4 Å². The molecule has 3 N–H and O–H groups in total. The van der Waals surface area contributed by atoms with E-state index in [1.165, 1.54) is 10.9 Å². The molecule has 0 fully saturated rings. The molecule has 1 heterocycles. The lowest BCUT2D eigenvalue weighted by atomic mass is 10.1. The number of likely N-dealkylation sites (N-methyl/N-ethyl adjacent to an activating group) is 1. The van der Waals surface area contributed by atoms with E-state index in [1.807, 2.05) is 19.3 Å². The molecule has 3 heteroatoms. The molecule has 0 saturated heterocycles. The molecule has 0 aliphatic carbocycles. The molecule has 0 aliphatic rings. The maximum absolute atomic E-state index is 9.28. The summed E-state index contributed by atoms with van der Waals surface area (Å²) in [5.74, 6) is 0.305. The minimum atomic E-state index is 0.305. The second-order valence-electron chi connectivity index (χ2n) is 3.40. The number of nitrogens with one attached hydrogen (secondary N) is 2. The Bertz CT molecular complexity index is 434. The summed E-state index contributed by atoms with van der Waals surface area (Å²) in [7, 11) is 1.95. The van der Waals surface area contributed by atoms with Crippen LogP contribution in [0, 0.1) is 0 Å². The molecule has 1 aromatic carbocycles.